The van der Waals surface area contributed by atoms with Gasteiger partial charge >= 0.3 is 0 Å². The predicted molar refractivity (Wildman–Crippen MR) is 107 cm³/mol. The number of hydrogen-bond donors (Lipinski definition) is 1. The minimum absolute atomic E-state index is 0.107. The standard InChI is InChI=1S/C18H15ClN2O4S2/c19-12-3-1-4-13(9-12)25-11-16(22)20-6-7-21-17(23)15(27-18(21)24)10-14-5-2-8-26-14/h1-5,8-10H,6-7,11H2,(H,20,22)/b15-10-. The number of hydrogen-bond acceptors (Lipinski definition) is 6. The summed E-state index contributed by atoms with van der Waals surface area (Å²) >= 11 is 8.24. The molecule has 9 heteroatoms. The molecule has 6 nitrogen and oxygen atoms in total. The third-order valence-electron chi connectivity index (χ3n) is 3.51. The molecular formula is C18H15ClN2O4S2. The van der Waals surface area contributed by atoms with Crippen molar-refractivity contribution < 1.29 is 19.1 Å². The molecule has 0 radical (unpaired) electrons. The zero-order valence-electron chi connectivity index (χ0n) is 14.0. The van der Waals surface area contributed by atoms with Gasteiger partial charge in [-0.25, -0.2) is 0 Å². The van der Waals surface area contributed by atoms with E-state index in [4.69, 9.17) is 16.3 Å². The van der Waals surface area contributed by atoms with Gasteiger partial charge in [-0.15, -0.1) is 11.3 Å². The Hall–Kier alpha value is -2.29. The molecular weight excluding hydrogens is 408 g/mol. The van der Waals surface area contributed by atoms with Crippen molar-refractivity contribution in [1.29, 1.82) is 0 Å². The van der Waals surface area contributed by atoms with E-state index in [0.29, 0.717) is 15.7 Å². The lowest BCUT2D eigenvalue weighted by Gasteiger charge is -2.13. The maximum atomic E-state index is 12.3. The largest absolute Gasteiger partial charge is 0.484 e. The average Bonchev–Trinajstić information content (AvgIpc) is 3.24. The Labute approximate surface area is 169 Å². The first-order chi connectivity index (χ1) is 13.0. The Bertz CT molecular complexity index is 883. The lowest BCUT2D eigenvalue weighted by atomic mass is 10.3. The van der Waals surface area contributed by atoms with Crippen LogP contribution in [0.2, 0.25) is 5.02 Å². The Morgan fingerprint density at radius 3 is 2.85 bits per heavy atom. The number of imide groups is 1. The summed E-state index contributed by atoms with van der Waals surface area (Å²) in [5.74, 6) is -0.207. The fourth-order valence-corrected chi connectivity index (χ4v) is 4.03. The second kappa shape index (κ2) is 9.07. The van der Waals surface area contributed by atoms with E-state index in [1.165, 1.54) is 11.3 Å². The van der Waals surface area contributed by atoms with Crippen LogP contribution in [0.25, 0.3) is 6.08 Å². The van der Waals surface area contributed by atoms with E-state index in [1.54, 1.807) is 30.3 Å². The summed E-state index contributed by atoms with van der Waals surface area (Å²) in [7, 11) is 0. The van der Waals surface area contributed by atoms with E-state index >= 15 is 0 Å². The average molecular weight is 423 g/mol. The molecule has 2 aromatic rings. The Kier molecular flexibility index (Phi) is 6.54. The van der Waals surface area contributed by atoms with E-state index < -0.39 is 0 Å². The van der Waals surface area contributed by atoms with Crippen LogP contribution in [0.3, 0.4) is 0 Å². The number of ether oxygens (including phenoxy) is 1. The van der Waals surface area contributed by atoms with Crippen LogP contribution in [0.15, 0.2) is 46.7 Å². The molecule has 2 heterocycles. The lowest BCUT2D eigenvalue weighted by molar-refractivity contribution is -0.125. The molecule has 1 aliphatic rings. The van der Waals surface area contributed by atoms with E-state index in [0.717, 1.165) is 21.5 Å². The number of carbonyl (C=O) groups excluding carboxylic acids is 3. The normalized spacial score (nSPS) is 15.4. The molecule has 27 heavy (non-hydrogen) atoms. The third kappa shape index (κ3) is 5.35. The van der Waals surface area contributed by atoms with Crippen molar-refractivity contribution in [1.82, 2.24) is 10.2 Å². The minimum Gasteiger partial charge on any atom is -0.484 e. The molecule has 0 atom stereocenters. The van der Waals surface area contributed by atoms with Gasteiger partial charge in [-0.05, 0) is 47.5 Å². The second-order valence-corrected chi connectivity index (χ2v) is 7.85. The molecule has 0 bridgehead atoms. The Balaban J connectivity index is 1.45. The summed E-state index contributed by atoms with van der Waals surface area (Å²) in [5, 5.41) is 4.70. The van der Waals surface area contributed by atoms with Gasteiger partial charge < -0.3 is 10.1 Å². The van der Waals surface area contributed by atoms with Gasteiger partial charge in [0.15, 0.2) is 6.61 Å². The molecule has 0 spiro atoms. The number of halogens is 1. The van der Waals surface area contributed by atoms with Crippen molar-refractivity contribution in [2.45, 2.75) is 0 Å². The van der Waals surface area contributed by atoms with Crippen molar-refractivity contribution in [3.8, 4) is 5.75 Å². The highest BCUT2D eigenvalue weighted by Gasteiger charge is 2.34. The number of rotatable bonds is 7. The predicted octanol–water partition coefficient (Wildman–Crippen LogP) is 3.63. The van der Waals surface area contributed by atoms with E-state index in [9.17, 15) is 14.4 Å². The second-order valence-electron chi connectivity index (χ2n) is 5.44. The number of thiophene rings is 1. The van der Waals surface area contributed by atoms with E-state index in [1.807, 2.05) is 17.5 Å². The molecule has 1 aromatic carbocycles. The first-order valence-corrected chi connectivity index (χ1v) is 10.0. The summed E-state index contributed by atoms with van der Waals surface area (Å²) < 4.78 is 5.33. The van der Waals surface area contributed by atoms with Crippen LogP contribution in [0.1, 0.15) is 4.88 Å². The fraction of sp³-hybridized carbons (Fsp3) is 0.167. The van der Waals surface area contributed by atoms with Gasteiger partial charge in [-0.2, -0.15) is 0 Å². The highest BCUT2D eigenvalue weighted by molar-refractivity contribution is 8.18. The smallest absolute Gasteiger partial charge is 0.293 e. The Morgan fingerprint density at radius 1 is 1.26 bits per heavy atom. The maximum Gasteiger partial charge on any atom is 0.293 e. The summed E-state index contributed by atoms with van der Waals surface area (Å²) in [6.07, 6.45) is 1.70. The molecule has 1 aliphatic heterocycles. The van der Waals surface area contributed by atoms with Crippen LogP contribution in [-0.4, -0.2) is 41.6 Å². The van der Waals surface area contributed by atoms with Crippen molar-refractivity contribution >= 4 is 57.8 Å². The number of nitrogens with one attached hydrogen (secondary N) is 1. The molecule has 0 saturated carbocycles. The van der Waals surface area contributed by atoms with Crippen LogP contribution < -0.4 is 10.1 Å². The fourth-order valence-electron chi connectivity index (χ4n) is 2.26. The molecule has 1 fully saturated rings. The van der Waals surface area contributed by atoms with Gasteiger partial charge in [-0.3, -0.25) is 19.3 Å². The number of amides is 3. The SMILES string of the molecule is O=C(COc1cccc(Cl)c1)NCCN1C(=O)S/C(=C\c2cccs2)C1=O. The van der Waals surface area contributed by atoms with Crippen LogP contribution in [-0.2, 0) is 9.59 Å². The quantitative estimate of drug-likeness (QED) is 0.689. The van der Waals surface area contributed by atoms with Gasteiger partial charge in [0.25, 0.3) is 17.1 Å². The molecule has 1 N–H and O–H groups in total. The minimum atomic E-state index is -0.351. The van der Waals surface area contributed by atoms with Crippen LogP contribution in [0.4, 0.5) is 4.79 Å². The molecule has 0 unspecified atom stereocenters. The van der Waals surface area contributed by atoms with Crippen LogP contribution >= 0.6 is 34.7 Å². The van der Waals surface area contributed by atoms with Gasteiger partial charge in [0, 0.05) is 23.0 Å². The zero-order valence-corrected chi connectivity index (χ0v) is 16.4. The first kappa shape index (κ1) is 19.5. The molecule has 1 saturated heterocycles. The number of nitrogens with zero attached hydrogens (tertiary/aromatic N) is 1. The zero-order chi connectivity index (χ0) is 19.2. The van der Waals surface area contributed by atoms with Gasteiger partial charge in [0.1, 0.15) is 5.75 Å². The van der Waals surface area contributed by atoms with Crippen LogP contribution in [0, 0.1) is 0 Å². The monoisotopic (exact) mass is 422 g/mol. The number of thioether (sulfide) groups is 1. The number of benzene rings is 1. The van der Waals surface area contributed by atoms with E-state index in [2.05, 4.69) is 5.32 Å². The maximum absolute atomic E-state index is 12.3. The highest BCUT2D eigenvalue weighted by Crippen LogP contribution is 2.32. The molecule has 140 valence electrons. The third-order valence-corrected chi connectivity index (χ3v) is 5.48. The Morgan fingerprint density at radius 2 is 2.11 bits per heavy atom. The van der Waals surface area contributed by atoms with Gasteiger partial charge in [0.2, 0.25) is 0 Å². The van der Waals surface area contributed by atoms with Crippen molar-refractivity contribution in [3.05, 3.63) is 56.6 Å². The lowest BCUT2D eigenvalue weighted by Crippen LogP contribution is -2.38. The molecule has 0 aliphatic carbocycles. The summed E-state index contributed by atoms with van der Waals surface area (Å²) in [5.41, 5.74) is 0. The highest BCUT2D eigenvalue weighted by atomic mass is 35.5. The molecule has 1 aromatic heterocycles. The van der Waals surface area contributed by atoms with Crippen molar-refractivity contribution in [2.75, 3.05) is 19.7 Å². The van der Waals surface area contributed by atoms with Crippen molar-refractivity contribution in [3.63, 3.8) is 0 Å². The topological polar surface area (TPSA) is 75.7 Å². The summed E-state index contributed by atoms with van der Waals surface area (Å²) in [6, 6.07) is 10.5. The van der Waals surface area contributed by atoms with E-state index in [-0.39, 0.29) is 36.7 Å². The van der Waals surface area contributed by atoms with Crippen LogP contribution in [0.5, 0.6) is 5.75 Å². The summed E-state index contributed by atoms with van der Waals surface area (Å²) in [4.78, 5) is 38.6. The van der Waals surface area contributed by atoms with Gasteiger partial charge in [0.05, 0.1) is 4.91 Å². The number of carbonyl (C=O) groups is 3. The van der Waals surface area contributed by atoms with Crippen molar-refractivity contribution in [2.24, 2.45) is 0 Å². The molecule has 3 rings (SSSR count). The van der Waals surface area contributed by atoms with Gasteiger partial charge in [-0.1, -0.05) is 23.7 Å². The summed E-state index contributed by atoms with van der Waals surface area (Å²) in [6.45, 7) is 0.0813. The molecule has 3 amide bonds. The first-order valence-electron chi connectivity index (χ1n) is 7.97.